The first-order valence-electron chi connectivity index (χ1n) is 5.49. The molecule has 1 aromatic heterocycles. The highest BCUT2D eigenvalue weighted by Gasteiger charge is 2.11. The van der Waals surface area contributed by atoms with E-state index in [0.717, 1.165) is 18.8 Å². The lowest BCUT2D eigenvalue weighted by molar-refractivity contribution is 0.101. The van der Waals surface area contributed by atoms with Gasteiger partial charge in [-0.25, -0.2) is 0 Å². The molecule has 0 bridgehead atoms. The Morgan fingerprint density at radius 1 is 1.27 bits per heavy atom. The van der Waals surface area contributed by atoms with Crippen LogP contribution in [0.25, 0.3) is 0 Å². The van der Waals surface area contributed by atoms with Gasteiger partial charge in [0.05, 0.1) is 11.9 Å². The van der Waals surface area contributed by atoms with Gasteiger partial charge in [-0.3, -0.25) is 9.78 Å². The number of aromatic nitrogens is 1. The number of Topliss-reactive ketones (excluding diaryl/α,β-unsaturated/α-hetero) is 1. The average molecular weight is 204 g/mol. The highest BCUT2D eigenvalue weighted by Crippen LogP contribution is 2.18. The van der Waals surface area contributed by atoms with Gasteiger partial charge in [0.2, 0.25) is 0 Å². The zero-order valence-corrected chi connectivity index (χ0v) is 9.07. The number of carbonyl (C=O) groups is 1. The number of ketones is 1. The minimum atomic E-state index is 0.0280. The van der Waals surface area contributed by atoms with Crippen LogP contribution in [0.1, 0.15) is 36.7 Å². The van der Waals surface area contributed by atoms with Gasteiger partial charge in [-0.15, -0.1) is 0 Å². The van der Waals surface area contributed by atoms with Gasteiger partial charge in [-0.1, -0.05) is 0 Å². The molecule has 80 valence electrons. The minimum Gasteiger partial charge on any atom is -0.370 e. The maximum atomic E-state index is 11.1. The van der Waals surface area contributed by atoms with E-state index in [9.17, 15) is 4.79 Å². The fourth-order valence-electron chi connectivity index (χ4n) is 1.93. The van der Waals surface area contributed by atoms with E-state index in [1.165, 1.54) is 19.3 Å². The van der Waals surface area contributed by atoms with Gasteiger partial charge in [-0.2, -0.15) is 0 Å². The second-order valence-corrected chi connectivity index (χ2v) is 4.01. The standard InChI is InChI=1S/C12H16N2O/c1-10(15)12-6-5-11(9-13-12)14-7-3-2-4-8-14/h5-6,9H,2-4,7-8H2,1H3. The van der Waals surface area contributed by atoms with Crippen molar-refractivity contribution < 1.29 is 4.79 Å². The Morgan fingerprint density at radius 3 is 2.53 bits per heavy atom. The summed E-state index contributed by atoms with van der Waals surface area (Å²) in [6.07, 6.45) is 5.65. The molecular formula is C12H16N2O. The normalized spacial score (nSPS) is 16.5. The molecular weight excluding hydrogens is 188 g/mol. The number of pyridine rings is 1. The summed E-state index contributed by atoms with van der Waals surface area (Å²) in [5, 5.41) is 0. The van der Waals surface area contributed by atoms with E-state index in [0.29, 0.717) is 5.69 Å². The molecule has 1 fully saturated rings. The molecule has 0 aromatic carbocycles. The van der Waals surface area contributed by atoms with Gasteiger partial charge in [0.25, 0.3) is 0 Å². The Labute approximate surface area is 90.1 Å². The van der Waals surface area contributed by atoms with Crippen LogP contribution >= 0.6 is 0 Å². The quantitative estimate of drug-likeness (QED) is 0.693. The van der Waals surface area contributed by atoms with Gasteiger partial charge >= 0.3 is 0 Å². The molecule has 0 unspecified atom stereocenters. The maximum absolute atomic E-state index is 11.1. The Kier molecular flexibility index (Phi) is 2.99. The van der Waals surface area contributed by atoms with Crippen molar-refractivity contribution in [2.75, 3.05) is 18.0 Å². The maximum Gasteiger partial charge on any atom is 0.178 e. The summed E-state index contributed by atoms with van der Waals surface area (Å²) in [4.78, 5) is 17.6. The van der Waals surface area contributed by atoms with E-state index in [-0.39, 0.29) is 5.78 Å². The van der Waals surface area contributed by atoms with Crippen molar-refractivity contribution in [2.45, 2.75) is 26.2 Å². The number of carbonyl (C=O) groups excluding carboxylic acids is 1. The van der Waals surface area contributed by atoms with Crippen molar-refractivity contribution in [2.24, 2.45) is 0 Å². The molecule has 3 nitrogen and oxygen atoms in total. The van der Waals surface area contributed by atoms with Crippen LogP contribution in [0.15, 0.2) is 18.3 Å². The van der Waals surface area contributed by atoms with E-state index < -0.39 is 0 Å². The van der Waals surface area contributed by atoms with Crippen LogP contribution in [0.2, 0.25) is 0 Å². The lowest BCUT2D eigenvalue weighted by atomic mass is 10.1. The average Bonchev–Trinajstić information content (AvgIpc) is 2.30. The molecule has 0 radical (unpaired) electrons. The summed E-state index contributed by atoms with van der Waals surface area (Å²) in [6, 6.07) is 3.81. The van der Waals surface area contributed by atoms with Gasteiger partial charge in [0.15, 0.2) is 5.78 Å². The molecule has 3 heteroatoms. The van der Waals surface area contributed by atoms with Crippen LogP contribution in [0.4, 0.5) is 5.69 Å². The van der Waals surface area contributed by atoms with Crippen molar-refractivity contribution in [1.82, 2.24) is 4.98 Å². The van der Waals surface area contributed by atoms with Crippen molar-refractivity contribution in [3.8, 4) is 0 Å². The first-order valence-corrected chi connectivity index (χ1v) is 5.49. The molecule has 2 heterocycles. The Bertz CT molecular complexity index is 339. The highest BCUT2D eigenvalue weighted by atomic mass is 16.1. The van der Waals surface area contributed by atoms with Crippen LogP contribution in [0.3, 0.4) is 0 Å². The van der Waals surface area contributed by atoms with E-state index in [1.807, 2.05) is 18.3 Å². The van der Waals surface area contributed by atoms with Crippen molar-refractivity contribution in [1.29, 1.82) is 0 Å². The lowest BCUT2D eigenvalue weighted by Crippen LogP contribution is -2.29. The topological polar surface area (TPSA) is 33.2 Å². The number of rotatable bonds is 2. The van der Waals surface area contributed by atoms with Crippen LogP contribution < -0.4 is 4.90 Å². The summed E-state index contributed by atoms with van der Waals surface area (Å²) >= 11 is 0. The second kappa shape index (κ2) is 4.43. The lowest BCUT2D eigenvalue weighted by Gasteiger charge is -2.28. The van der Waals surface area contributed by atoms with E-state index in [2.05, 4.69) is 9.88 Å². The number of hydrogen-bond donors (Lipinski definition) is 0. The van der Waals surface area contributed by atoms with E-state index in [1.54, 1.807) is 6.92 Å². The third-order valence-electron chi connectivity index (χ3n) is 2.83. The van der Waals surface area contributed by atoms with Gasteiger partial charge in [0, 0.05) is 20.0 Å². The third-order valence-corrected chi connectivity index (χ3v) is 2.83. The zero-order valence-electron chi connectivity index (χ0n) is 9.07. The SMILES string of the molecule is CC(=O)c1ccc(N2CCCCC2)cn1. The van der Waals surface area contributed by atoms with Crippen molar-refractivity contribution in [3.63, 3.8) is 0 Å². The second-order valence-electron chi connectivity index (χ2n) is 4.01. The van der Waals surface area contributed by atoms with E-state index in [4.69, 9.17) is 0 Å². The van der Waals surface area contributed by atoms with Gasteiger partial charge in [-0.05, 0) is 31.4 Å². The first-order chi connectivity index (χ1) is 7.27. The molecule has 1 aliphatic heterocycles. The summed E-state index contributed by atoms with van der Waals surface area (Å²) < 4.78 is 0. The monoisotopic (exact) mass is 204 g/mol. The Morgan fingerprint density at radius 2 is 2.00 bits per heavy atom. The Balaban J connectivity index is 2.11. The smallest absolute Gasteiger partial charge is 0.178 e. The van der Waals surface area contributed by atoms with Crippen molar-refractivity contribution >= 4 is 11.5 Å². The number of nitrogens with zero attached hydrogens (tertiary/aromatic N) is 2. The van der Waals surface area contributed by atoms with Gasteiger partial charge < -0.3 is 4.90 Å². The first kappa shape index (κ1) is 10.1. The van der Waals surface area contributed by atoms with E-state index >= 15 is 0 Å². The summed E-state index contributed by atoms with van der Waals surface area (Å²) in [5.74, 6) is 0.0280. The van der Waals surface area contributed by atoms with Crippen LogP contribution in [-0.2, 0) is 0 Å². The molecule has 1 aromatic rings. The van der Waals surface area contributed by atoms with Crippen LogP contribution in [-0.4, -0.2) is 23.9 Å². The number of hydrogen-bond acceptors (Lipinski definition) is 3. The molecule has 15 heavy (non-hydrogen) atoms. The number of anilines is 1. The predicted molar refractivity (Wildman–Crippen MR) is 60.3 cm³/mol. The summed E-state index contributed by atoms with van der Waals surface area (Å²) in [7, 11) is 0. The highest BCUT2D eigenvalue weighted by molar-refractivity contribution is 5.92. The fourth-order valence-corrected chi connectivity index (χ4v) is 1.93. The number of piperidine rings is 1. The third kappa shape index (κ3) is 2.35. The van der Waals surface area contributed by atoms with Crippen LogP contribution in [0.5, 0.6) is 0 Å². The molecule has 1 aliphatic rings. The minimum absolute atomic E-state index is 0.0280. The zero-order chi connectivity index (χ0) is 10.7. The molecule has 0 amide bonds. The molecule has 2 rings (SSSR count). The molecule has 0 aliphatic carbocycles. The Hall–Kier alpha value is -1.38. The summed E-state index contributed by atoms with van der Waals surface area (Å²) in [5.41, 5.74) is 1.69. The molecule has 1 saturated heterocycles. The molecule has 0 spiro atoms. The fraction of sp³-hybridized carbons (Fsp3) is 0.500. The van der Waals surface area contributed by atoms with Crippen LogP contribution in [0, 0.1) is 0 Å². The van der Waals surface area contributed by atoms with Crippen molar-refractivity contribution in [3.05, 3.63) is 24.0 Å². The molecule has 0 atom stereocenters. The predicted octanol–water partition coefficient (Wildman–Crippen LogP) is 2.27. The van der Waals surface area contributed by atoms with Gasteiger partial charge in [0.1, 0.15) is 5.69 Å². The molecule has 0 N–H and O–H groups in total. The molecule has 0 saturated carbocycles. The summed E-state index contributed by atoms with van der Waals surface area (Å²) in [6.45, 7) is 3.77. The largest absolute Gasteiger partial charge is 0.370 e.